The van der Waals surface area contributed by atoms with Crippen LogP contribution in [0.25, 0.3) is 0 Å². The van der Waals surface area contributed by atoms with Gasteiger partial charge in [-0.3, -0.25) is 0 Å². The highest BCUT2D eigenvalue weighted by molar-refractivity contribution is 4.72. The Morgan fingerprint density at radius 2 is 2.00 bits per heavy atom. The molecule has 1 unspecified atom stereocenters. The number of nitrogens with one attached hydrogen (secondary N) is 1. The largest absolute Gasteiger partial charge is 0.380 e. The smallest absolute Gasteiger partial charge is 0.0619 e. The van der Waals surface area contributed by atoms with Crippen LogP contribution in [0.1, 0.15) is 58.8 Å². The van der Waals surface area contributed by atoms with Gasteiger partial charge in [-0.15, -0.1) is 0 Å². The molecule has 0 amide bonds. The lowest BCUT2D eigenvalue weighted by atomic mass is 9.99. The van der Waals surface area contributed by atoms with Gasteiger partial charge in [0.05, 0.1) is 6.61 Å². The molecule has 0 bridgehead atoms. The molecule has 1 aliphatic carbocycles. The Kier molecular flexibility index (Phi) is 7.87. The zero-order chi connectivity index (χ0) is 11.6. The maximum atomic E-state index is 5.55. The van der Waals surface area contributed by atoms with Crippen LogP contribution in [0.4, 0.5) is 0 Å². The van der Waals surface area contributed by atoms with Crippen LogP contribution in [0.5, 0.6) is 0 Å². The van der Waals surface area contributed by atoms with Gasteiger partial charge in [0.15, 0.2) is 0 Å². The fraction of sp³-hybridized carbons (Fsp3) is 1.00. The van der Waals surface area contributed by atoms with Crippen molar-refractivity contribution in [3.8, 4) is 0 Å². The Hall–Kier alpha value is -0.0800. The summed E-state index contributed by atoms with van der Waals surface area (Å²) in [6.45, 7) is 7.16. The van der Waals surface area contributed by atoms with Gasteiger partial charge in [-0.1, -0.05) is 32.6 Å². The maximum Gasteiger partial charge on any atom is 0.0619 e. The Balaban J connectivity index is 2.13. The predicted octanol–water partition coefficient (Wildman–Crippen LogP) is 3.36. The molecule has 1 saturated carbocycles. The highest BCUT2D eigenvalue weighted by Crippen LogP contribution is 2.28. The highest BCUT2D eigenvalue weighted by atomic mass is 16.5. The molecular weight excluding hydrogens is 198 g/mol. The first-order valence-electron chi connectivity index (χ1n) is 7.18. The molecule has 1 aliphatic rings. The van der Waals surface area contributed by atoms with Crippen molar-refractivity contribution < 1.29 is 4.74 Å². The van der Waals surface area contributed by atoms with E-state index in [0.29, 0.717) is 6.04 Å². The molecular formula is C14H29NO. The number of hydrogen-bond donors (Lipinski definition) is 1. The second kappa shape index (κ2) is 9.00. The first-order chi connectivity index (χ1) is 7.86. The summed E-state index contributed by atoms with van der Waals surface area (Å²) in [5.74, 6) is 1.01. The van der Waals surface area contributed by atoms with Crippen molar-refractivity contribution in [1.29, 1.82) is 0 Å². The van der Waals surface area contributed by atoms with Crippen molar-refractivity contribution in [2.75, 3.05) is 19.8 Å². The van der Waals surface area contributed by atoms with Gasteiger partial charge in [-0.05, 0) is 38.6 Å². The summed E-state index contributed by atoms with van der Waals surface area (Å²) in [4.78, 5) is 0. The molecule has 1 fully saturated rings. The minimum absolute atomic E-state index is 0.584. The quantitative estimate of drug-likeness (QED) is 0.652. The average Bonchev–Trinajstić information content (AvgIpc) is 2.81. The third-order valence-electron chi connectivity index (χ3n) is 3.60. The van der Waals surface area contributed by atoms with Gasteiger partial charge in [0.2, 0.25) is 0 Å². The Morgan fingerprint density at radius 3 is 2.62 bits per heavy atom. The van der Waals surface area contributed by atoms with Crippen molar-refractivity contribution in [3.63, 3.8) is 0 Å². The summed E-state index contributed by atoms with van der Waals surface area (Å²) >= 11 is 0. The van der Waals surface area contributed by atoms with Gasteiger partial charge in [-0.25, -0.2) is 0 Å². The molecule has 96 valence electrons. The molecule has 2 nitrogen and oxygen atoms in total. The van der Waals surface area contributed by atoms with Gasteiger partial charge in [-0.2, -0.15) is 0 Å². The fourth-order valence-electron chi connectivity index (χ4n) is 2.59. The summed E-state index contributed by atoms with van der Waals surface area (Å²) in [6.07, 6.45) is 9.77. The lowest BCUT2D eigenvalue weighted by Gasteiger charge is -2.20. The van der Waals surface area contributed by atoms with Crippen molar-refractivity contribution >= 4 is 0 Å². The molecule has 1 atom stereocenters. The molecule has 0 aliphatic heterocycles. The summed E-state index contributed by atoms with van der Waals surface area (Å²) in [5, 5.41) is 3.60. The molecule has 0 heterocycles. The monoisotopic (exact) mass is 227 g/mol. The summed E-state index contributed by atoms with van der Waals surface area (Å²) in [5.41, 5.74) is 0. The predicted molar refractivity (Wildman–Crippen MR) is 69.8 cm³/mol. The van der Waals surface area contributed by atoms with E-state index in [1.807, 2.05) is 0 Å². The lowest BCUT2D eigenvalue weighted by Crippen LogP contribution is -2.34. The number of ether oxygens (including phenoxy) is 1. The Morgan fingerprint density at radius 1 is 1.25 bits per heavy atom. The minimum Gasteiger partial charge on any atom is -0.380 e. The van der Waals surface area contributed by atoms with E-state index in [9.17, 15) is 0 Å². The lowest BCUT2D eigenvalue weighted by molar-refractivity contribution is 0.117. The van der Waals surface area contributed by atoms with Crippen LogP contribution in [0.15, 0.2) is 0 Å². The van der Waals surface area contributed by atoms with Crippen molar-refractivity contribution in [2.24, 2.45) is 5.92 Å². The molecule has 0 radical (unpaired) electrons. The molecule has 0 aromatic carbocycles. The zero-order valence-electron chi connectivity index (χ0n) is 11.1. The van der Waals surface area contributed by atoms with Gasteiger partial charge in [0.25, 0.3) is 0 Å². The molecule has 0 spiro atoms. The van der Waals surface area contributed by atoms with Crippen molar-refractivity contribution in [2.45, 2.75) is 64.8 Å². The maximum absolute atomic E-state index is 5.55. The van der Waals surface area contributed by atoms with E-state index in [2.05, 4.69) is 19.2 Å². The topological polar surface area (TPSA) is 21.3 Å². The van der Waals surface area contributed by atoms with Gasteiger partial charge in [0, 0.05) is 12.6 Å². The van der Waals surface area contributed by atoms with Crippen molar-refractivity contribution in [3.05, 3.63) is 0 Å². The normalized spacial score (nSPS) is 19.1. The van der Waals surface area contributed by atoms with Crippen LogP contribution >= 0.6 is 0 Å². The van der Waals surface area contributed by atoms with Gasteiger partial charge in [0.1, 0.15) is 0 Å². The van der Waals surface area contributed by atoms with E-state index < -0.39 is 0 Å². The van der Waals surface area contributed by atoms with E-state index >= 15 is 0 Å². The van der Waals surface area contributed by atoms with Crippen LogP contribution in [0.2, 0.25) is 0 Å². The Labute approximate surface area is 101 Å². The van der Waals surface area contributed by atoms with Crippen molar-refractivity contribution in [1.82, 2.24) is 5.32 Å². The standard InChI is InChI=1S/C14H29NO/c1-3-11-15-14(12-16-4-2)10-9-13-7-5-6-8-13/h13-15H,3-12H2,1-2H3. The second-order valence-electron chi connectivity index (χ2n) is 5.04. The zero-order valence-corrected chi connectivity index (χ0v) is 11.1. The summed E-state index contributed by atoms with van der Waals surface area (Å²) < 4.78 is 5.55. The van der Waals surface area contributed by atoms with Crippen LogP contribution in [0, 0.1) is 5.92 Å². The SMILES string of the molecule is CCCNC(CCC1CCCC1)COCC. The molecule has 0 aromatic heterocycles. The Bertz CT molecular complexity index is 147. The second-order valence-corrected chi connectivity index (χ2v) is 5.04. The molecule has 1 rings (SSSR count). The number of hydrogen-bond acceptors (Lipinski definition) is 2. The van der Waals surface area contributed by atoms with E-state index in [1.54, 1.807) is 0 Å². The fourth-order valence-corrected chi connectivity index (χ4v) is 2.59. The first-order valence-corrected chi connectivity index (χ1v) is 7.18. The molecule has 2 heteroatoms. The van der Waals surface area contributed by atoms with E-state index in [-0.39, 0.29) is 0 Å². The van der Waals surface area contributed by atoms with E-state index in [4.69, 9.17) is 4.74 Å². The third kappa shape index (κ3) is 5.86. The number of rotatable bonds is 9. The summed E-state index contributed by atoms with van der Waals surface area (Å²) in [6, 6.07) is 0.584. The third-order valence-corrected chi connectivity index (χ3v) is 3.60. The summed E-state index contributed by atoms with van der Waals surface area (Å²) in [7, 11) is 0. The first kappa shape index (κ1) is 14.0. The van der Waals surface area contributed by atoms with Gasteiger partial charge < -0.3 is 10.1 Å². The van der Waals surface area contributed by atoms with Crippen LogP contribution < -0.4 is 5.32 Å². The molecule has 1 N–H and O–H groups in total. The average molecular weight is 227 g/mol. The van der Waals surface area contributed by atoms with Crippen LogP contribution in [0.3, 0.4) is 0 Å². The van der Waals surface area contributed by atoms with Crippen LogP contribution in [-0.2, 0) is 4.74 Å². The van der Waals surface area contributed by atoms with E-state index in [1.165, 1.54) is 44.9 Å². The molecule has 16 heavy (non-hydrogen) atoms. The van der Waals surface area contributed by atoms with Gasteiger partial charge >= 0.3 is 0 Å². The minimum atomic E-state index is 0.584. The highest BCUT2D eigenvalue weighted by Gasteiger charge is 2.17. The van der Waals surface area contributed by atoms with E-state index in [0.717, 1.165) is 25.7 Å². The molecule has 0 aromatic rings. The molecule has 0 saturated heterocycles. The van der Waals surface area contributed by atoms with Crippen LogP contribution in [-0.4, -0.2) is 25.8 Å².